The summed E-state index contributed by atoms with van der Waals surface area (Å²) >= 11 is 6.62. The highest BCUT2D eigenvalue weighted by molar-refractivity contribution is 6.31. The molecule has 4 aromatic carbocycles. The molecule has 2 amide bonds. The molecule has 1 fully saturated rings. The Hall–Kier alpha value is -5.40. The van der Waals surface area contributed by atoms with Crippen molar-refractivity contribution in [2.24, 2.45) is 7.05 Å². The number of nitriles is 1. The first-order chi connectivity index (χ1) is 24.7. The molecular formula is C41H38ClN5O4. The molecule has 0 aliphatic carbocycles. The fourth-order valence-corrected chi connectivity index (χ4v) is 7.31. The van der Waals surface area contributed by atoms with Gasteiger partial charge in [-0.15, -0.1) is 0 Å². The first kappa shape index (κ1) is 34.1. The second kappa shape index (κ2) is 14.4. The van der Waals surface area contributed by atoms with Gasteiger partial charge in [0, 0.05) is 72.5 Å². The lowest BCUT2D eigenvalue weighted by Gasteiger charge is -2.40. The first-order valence-corrected chi connectivity index (χ1v) is 17.4. The van der Waals surface area contributed by atoms with Crippen molar-refractivity contribution in [1.82, 2.24) is 14.4 Å². The maximum absolute atomic E-state index is 14.8. The van der Waals surface area contributed by atoms with Crippen LogP contribution in [0.15, 0.2) is 97.1 Å². The molecule has 51 heavy (non-hydrogen) atoms. The molecule has 5 aromatic rings. The second-order valence-electron chi connectivity index (χ2n) is 13.1. The number of nitrogens with zero attached hydrogens (tertiary/aromatic N) is 5. The zero-order valence-corrected chi connectivity index (χ0v) is 29.3. The summed E-state index contributed by atoms with van der Waals surface area (Å²) < 4.78 is 7.51. The van der Waals surface area contributed by atoms with E-state index in [9.17, 15) is 20.0 Å². The zero-order chi connectivity index (χ0) is 35.6. The van der Waals surface area contributed by atoms with Gasteiger partial charge in [-0.3, -0.25) is 19.4 Å². The van der Waals surface area contributed by atoms with Crippen LogP contribution in [0.3, 0.4) is 0 Å². The number of hydrogen-bond donors (Lipinski definition) is 1. The molecule has 2 aliphatic heterocycles. The number of anilines is 2. The number of ether oxygens (including phenoxy) is 1. The second-order valence-corrected chi connectivity index (χ2v) is 13.5. The van der Waals surface area contributed by atoms with Crippen LogP contribution in [0.1, 0.15) is 43.1 Å². The number of carbonyl (C=O) groups excluding carboxylic acids is 2. The van der Waals surface area contributed by atoms with Crippen LogP contribution in [0.5, 0.6) is 5.75 Å². The van der Waals surface area contributed by atoms with E-state index in [-0.39, 0.29) is 23.6 Å². The molecule has 1 atom stereocenters. The third-order valence-electron chi connectivity index (χ3n) is 9.99. The fraction of sp³-hybridized carbons (Fsp3) is 0.244. The average Bonchev–Trinajstić information content (AvgIpc) is 3.45. The van der Waals surface area contributed by atoms with Gasteiger partial charge < -0.3 is 19.3 Å². The smallest absolute Gasteiger partial charge is 0.264 e. The SMILES string of the molecule is Cc1c(C(=O)N(c2ccc(O)cc2)c2cccc(C#N)c2)cc(-c2cc(Cl)ccc2C(=O)N2Cc3ccccc3C[C@H]2CN2CCOCC2)n1C. The van der Waals surface area contributed by atoms with E-state index in [0.717, 1.165) is 31.6 Å². The van der Waals surface area contributed by atoms with E-state index in [1.54, 1.807) is 60.7 Å². The molecule has 258 valence electrons. The third-order valence-corrected chi connectivity index (χ3v) is 10.2. The van der Waals surface area contributed by atoms with Crippen molar-refractivity contribution in [2.45, 2.75) is 25.9 Å². The van der Waals surface area contributed by atoms with Gasteiger partial charge in [0.15, 0.2) is 0 Å². The predicted octanol–water partition coefficient (Wildman–Crippen LogP) is 7.11. The monoisotopic (exact) mass is 699 g/mol. The number of phenolic OH excluding ortho intramolecular Hbond substituents is 1. The number of morpholine rings is 1. The summed E-state index contributed by atoms with van der Waals surface area (Å²) in [5, 5.41) is 20.1. The number of amides is 2. The Labute approximate surface area is 302 Å². The van der Waals surface area contributed by atoms with Crippen LogP contribution in [0.2, 0.25) is 5.02 Å². The molecule has 3 heterocycles. The van der Waals surface area contributed by atoms with Gasteiger partial charge in [0.05, 0.1) is 36.1 Å². The van der Waals surface area contributed by atoms with Crippen LogP contribution in [0.25, 0.3) is 11.3 Å². The Morgan fingerprint density at radius 1 is 0.922 bits per heavy atom. The normalized spacial score (nSPS) is 16.0. The quantitative estimate of drug-likeness (QED) is 0.194. The van der Waals surface area contributed by atoms with Crippen LogP contribution in [-0.2, 0) is 24.8 Å². The maximum Gasteiger partial charge on any atom is 0.264 e. The number of aromatic hydroxyl groups is 1. The summed E-state index contributed by atoms with van der Waals surface area (Å²) in [4.78, 5) is 35.2. The molecule has 1 aromatic heterocycles. The number of halogens is 1. The van der Waals surface area contributed by atoms with E-state index in [1.807, 2.05) is 29.5 Å². The lowest BCUT2D eigenvalue weighted by molar-refractivity contribution is 0.0193. The maximum atomic E-state index is 14.8. The third kappa shape index (κ3) is 6.86. The molecule has 7 rings (SSSR count). The molecule has 10 heteroatoms. The Morgan fingerprint density at radius 2 is 1.67 bits per heavy atom. The minimum atomic E-state index is -0.330. The van der Waals surface area contributed by atoms with E-state index in [4.69, 9.17) is 16.3 Å². The van der Waals surface area contributed by atoms with Gasteiger partial charge in [-0.05, 0) is 91.2 Å². The summed E-state index contributed by atoms with van der Waals surface area (Å²) in [5.41, 5.74) is 6.73. The van der Waals surface area contributed by atoms with Gasteiger partial charge in [-0.25, -0.2) is 0 Å². The minimum Gasteiger partial charge on any atom is -0.508 e. The van der Waals surface area contributed by atoms with E-state index in [0.29, 0.717) is 69.8 Å². The Bertz CT molecular complexity index is 2150. The fourth-order valence-electron chi connectivity index (χ4n) is 7.13. The Morgan fingerprint density at radius 3 is 2.41 bits per heavy atom. The number of phenols is 1. The molecular weight excluding hydrogens is 662 g/mol. The highest BCUT2D eigenvalue weighted by Gasteiger charge is 2.34. The number of carbonyl (C=O) groups is 2. The van der Waals surface area contributed by atoms with Crippen LogP contribution in [-0.4, -0.2) is 70.2 Å². The van der Waals surface area contributed by atoms with Gasteiger partial charge in [0.25, 0.3) is 11.8 Å². The molecule has 9 nitrogen and oxygen atoms in total. The van der Waals surface area contributed by atoms with Crippen LogP contribution in [0.4, 0.5) is 11.4 Å². The van der Waals surface area contributed by atoms with Gasteiger partial charge in [0.2, 0.25) is 0 Å². The van der Waals surface area contributed by atoms with Crippen LogP contribution in [0, 0.1) is 18.3 Å². The number of benzene rings is 4. The Balaban J connectivity index is 1.28. The standard InChI is InChI=1S/C41H38ClN5O4/c1-27-37(41(50)47(32-11-13-35(48)14-12-32)33-9-5-6-28(20-33)24-43)23-39(44(27)2)38-22-31(42)10-15-36(38)40(49)46-25-30-8-4-3-7-29(30)21-34(46)26-45-16-18-51-19-17-45/h3-15,20,22-23,34,48H,16-19,21,25-26H2,1-2H3/t34-/m0/s1. The molecule has 1 N–H and O–H groups in total. The molecule has 0 unspecified atom stereocenters. The lowest BCUT2D eigenvalue weighted by Crippen LogP contribution is -2.52. The topological polar surface area (TPSA) is 102 Å². The van der Waals surface area contributed by atoms with Crippen molar-refractivity contribution in [2.75, 3.05) is 37.7 Å². The number of fused-ring (bicyclic) bond motifs is 1. The van der Waals surface area contributed by atoms with Gasteiger partial charge in [0.1, 0.15) is 5.75 Å². The average molecular weight is 700 g/mol. The highest BCUT2D eigenvalue weighted by Crippen LogP contribution is 2.36. The summed E-state index contributed by atoms with van der Waals surface area (Å²) in [6.07, 6.45) is 0.754. The predicted molar refractivity (Wildman–Crippen MR) is 197 cm³/mol. The minimum absolute atomic E-state index is 0.0376. The lowest BCUT2D eigenvalue weighted by atomic mass is 9.92. The zero-order valence-electron chi connectivity index (χ0n) is 28.6. The van der Waals surface area contributed by atoms with Gasteiger partial charge in [-0.1, -0.05) is 41.9 Å². The van der Waals surface area contributed by atoms with Gasteiger partial charge >= 0.3 is 0 Å². The highest BCUT2D eigenvalue weighted by atomic mass is 35.5. The molecule has 0 radical (unpaired) electrons. The van der Waals surface area contributed by atoms with Crippen molar-refractivity contribution < 1.29 is 19.4 Å². The van der Waals surface area contributed by atoms with Gasteiger partial charge in [-0.2, -0.15) is 5.26 Å². The molecule has 0 saturated carbocycles. The van der Waals surface area contributed by atoms with Crippen molar-refractivity contribution in [3.63, 3.8) is 0 Å². The number of rotatable bonds is 7. The molecule has 2 aliphatic rings. The van der Waals surface area contributed by atoms with Crippen LogP contribution < -0.4 is 4.90 Å². The van der Waals surface area contributed by atoms with Crippen molar-refractivity contribution >= 4 is 34.8 Å². The summed E-state index contributed by atoms with van der Waals surface area (Å²) in [6.45, 7) is 6.12. The van der Waals surface area contributed by atoms with Crippen molar-refractivity contribution in [1.29, 1.82) is 5.26 Å². The van der Waals surface area contributed by atoms with E-state index >= 15 is 0 Å². The summed E-state index contributed by atoms with van der Waals surface area (Å²) in [7, 11) is 1.87. The first-order valence-electron chi connectivity index (χ1n) is 17.0. The largest absolute Gasteiger partial charge is 0.508 e. The summed E-state index contributed by atoms with van der Waals surface area (Å²) in [5.74, 6) is -0.360. The summed E-state index contributed by atoms with van der Waals surface area (Å²) in [6, 6.07) is 30.7. The van der Waals surface area contributed by atoms with Crippen molar-refractivity contribution in [3.05, 3.63) is 136 Å². The number of aromatic nitrogens is 1. The Kier molecular flexibility index (Phi) is 9.65. The molecule has 0 bridgehead atoms. The van der Waals surface area contributed by atoms with Crippen LogP contribution >= 0.6 is 11.6 Å². The van der Waals surface area contributed by atoms with E-state index in [2.05, 4.69) is 29.2 Å². The van der Waals surface area contributed by atoms with Crippen molar-refractivity contribution in [3.8, 4) is 23.1 Å². The van der Waals surface area contributed by atoms with E-state index < -0.39 is 0 Å². The molecule has 0 spiro atoms. The number of hydrogen-bond acceptors (Lipinski definition) is 6. The van der Waals surface area contributed by atoms with E-state index in [1.165, 1.54) is 22.6 Å². The molecule has 1 saturated heterocycles.